The molecule has 0 spiro atoms. The first-order chi connectivity index (χ1) is 10.3. The van der Waals surface area contributed by atoms with Crippen LogP contribution in [0.3, 0.4) is 0 Å². The molecule has 2 aromatic heterocycles. The van der Waals surface area contributed by atoms with E-state index in [1.165, 1.54) is 11.3 Å². The van der Waals surface area contributed by atoms with Crippen LogP contribution >= 0.6 is 15.9 Å². The molecule has 0 amide bonds. The van der Waals surface area contributed by atoms with Crippen molar-refractivity contribution in [2.24, 2.45) is 0 Å². The van der Waals surface area contributed by atoms with Gasteiger partial charge < -0.3 is 4.74 Å². The number of hydrogen-bond donors (Lipinski definition) is 0. The molecule has 0 N–H and O–H groups in total. The van der Waals surface area contributed by atoms with Crippen molar-refractivity contribution in [1.29, 1.82) is 0 Å². The number of likely N-dealkylation sites (tertiary alicyclic amines) is 1. The number of nitrogens with zero attached hydrogens (tertiary/aromatic N) is 5. The highest BCUT2D eigenvalue weighted by atomic mass is 79.9. The van der Waals surface area contributed by atoms with Crippen LogP contribution in [0.2, 0.25) is 0 Å². The highest BCUT2D eigenvalue weighted by Gasteiger charge is 2.26. The van der Waals surface area contributed by atoms with Crippen LogP contribution in [-0.2, 0) is 24.4 Å². The van der Waals surface area contributed by atoms with E-state index in [0.29, 0.717) is 12.6 Å². The predicted octanol–water partition coefficient (Wildman–Crippen LogP) is 1.82. The zero-order valence-corrected chi connectivity index (χ0v) is 13.4. The SMILES string of the molecule is Brc1cnn(C2CCN(Cc3cnn4c3COCC4)C2)c1. The molecule has 1 saturated heterocycles. The van der Waals surface area contributed by atoms with Gasteiger partial charge in [0.1, 0.15) is 0 Å². The maximum absolute atomic E-state index is 5.55. The number of fused-ring (bicyclic) bond motifs is 1. The normalized spacial score (nSPS) is 22.6. The lowest BCUT2D eigenvalue weighted by Gasteiger charge is -2.19. The first kappa shape index (κ1) is 13.5. The summed E-state index contributed by atoms with van der Waals surface area (Å²) in [6.07, 6.45) is 7.06. The summed E-state index contributed by atoms with van der Waals surface area (Å²) in [5, 5.41) is 8.87. The van der Waals surface area contributed by atoms with Crippen molar-refractivity contribution >= 4 is 15.9 Å². The molecule has 2 aromatic rings. The molecular weight excluding hydrogens is 334 g/mol. The summed E-state index contributed by atoms with van der Waals surface area (Å²) in [4.78, 5) is 2.48. The monoisotopic (exact) mass is 351 g/mol. The number of halogens is 1. The summed E-state index contributed by atoms with van der Waals surface area (Å²) in [5.74, 6) is 0. The molecule has 4 rings (SSSR count). The minimum absolute atomic E-state index is 0.471. The van der Waals surface area contributed by atoms with E-state index >= 15 is 0 Å². The average molecular weight is 352 g/mol. The van der Waals surface area contributed by atoms with Gasteiger partial charge in [-0.05, 0) is 22.4 Å². The largest absolute Gasteiger partial charge is 0.373 e. The molecule has 0 aromatic carbocycles. The molecule has 0 radical (unpaired) electrons. The second-order valence-electron chi connectivity index (χ2n) is 5.71. The summed E-state index contributed by atoms with van der Waals surface area (Å²) < 4.78 is 10.7. The molecule has 7 heteroatoms. The third kappa shape index (κ3) is 2.65. The van der Waals surface area contributed by atoms with Crippen LogP contribution in [0.25, 0.3) is 0 Å². The van der Waals surface area contributed by atoms with Crippen molar-refractivity contribution in [2.75, 3.05) is 19.7 Å². The number of aromatic nitrogens is 4. The Balaban J connectivity index is 1.43. The van der Waals surface area contributed by atoms with E-state index in [2.05, 4.69) is 46.6 Å². The van der Waals surface area contributed by atoms with Crippen LogP contribution in [0, 0.1) is 0 Å². The summed E-state index contributed by atoms with van der Waals surface area (Å²) in [6.45, 7) is 5.44. The Morgan fingerprint density at radius 1 is 1.29 bits per heavy atom. The van der Waals surface area contributed by atoms with Crippen molar-refractivity contribution in [3.05, 3.63) is 34.3 Å². The molecular formula is C14H18BrN5O. The third-order valence-electron chi connectivity index (χ3n) is 4.31. The van der Waals surface area contributed by atoms with Crippen molar-refractivity contribution in [3.63, 3.8) is 0 Å². The average Bonchev–Trinajstić information content (AvgIpc) is 3.20. The minimum Gasteiger partial charge on any atom is -0.373 e. The number of rotatable bonds is 3. The van der Waals surface area contributed by atoms with Crippen molar-refractivity contribution < 1.29 is 4.74 Å². The highest BCUT2D eigenvalue weighted by molar-refractivity contribution is 9.10. The van der Waals surface area contributed by atoms with Gasteiger partial charge in [-0.2, -0.15) is 10.2 Å². The molecule has 1 fully saturated rings. The molecule has 21 heavy (non-hydrogen) atoms. The fraction of sp³-hybridized carbons (Fsp3) is 0.571. The quantitative estimate of drug-likeness (QED) is 0.846. The van der Waals surface area contributed by atoms with Gasteiger partial charge in [0, 0.05) is 31.4 Å². The van der Waals surface area contributed by atoms with E-state index in [0.717, 1.165) is 43.7 Å². The van der Waals surface area contributed by atoms with Crippen molar-refractivity contribution in [1.82, 2.24) is 24.5 Å². The Morgan fingerprint density at radius 3 is 3.10 bits per heavy atom. The van der Waals surface area contributed by atoms with Gasteiger partial charge in [-0.15, -0.1) is 0 Å². The topological polar surface area (TPSA) is 48.1 Å². The van der Waals surface area contributed by atoms with Gasteiger partial charge in [0.25, 0.3) is 0 Å². The summed E-state index contributed by atoms with van der Waals surface area (Å²) in [6, 6.07) is 0.471. The van der Waals surface area contributed by atoms with Crippen molar-refractivity contribution in [3.8, 4) is 0 Å². The molecule has 2 aliphatic heterocycles. The maximum Gasteiger partial charge on any atom is 0.0889 e. The molecule has 0 saturated carbocycles. The van der Waals surface area contributed by atoms with Crippen LogP contribution in [-0.4, -0.2) is 44.2 Å². The van der Waals surface area contributed by atoms with E-state index in [-0.39, 0.29) is 0 Å². The maximum atomic E-state index is 5.55. The molecule has 112 valence electrons. The van der Waals surface area contributed by atoms with Crippen LogP contribution in [0.15, 0.2) is 23.1 Å². The Kier molecular flexibility index (Phi) is 3.56. The summed E-state index contributed by atoms with van der Waals surface area (Å²) in [7, 11) is 0. The molecule has 0 aliphatic carbocycles. The van der Waals surface area contributed by atoms with E-state index in [1.807, 2.05) is 12.4 Å². The van der Waals surface area contributed by atoms with Crippen LogP contribution in [0.1, 0.15) is 23.7 Å². The molecule has 2 aliphatic rings. The van der Waals surface area contributed by atoms with Gasteiger partial charge >= 0.3 is 0 Å². The predicted molar refractivity (Wildman–Crippen MR) is 80.7 cm³/mol. The second-order valence-corrected chi connectivity index (χ2v) is 6.62. The fourth-order valence-corrected chi connectivity index (χ4v) is 3.49. The highest BCUT2D eigenvalue weighted by Crippen LogP contribution is 2.25. The second kappa shape index (κ2) is 5.55. The lowest BCUT2D eigenvalue weighted by Crippen LogP contribution is -2.23. The van der Waals surface area contributed by atoms with E-state index < -0.39 is 0 Å². The van der Waals surface area contributed by atoms with Gasteiger partial charge in [0.15, 0.2) is 0 Å². The number of ether oxygens (including phenoxy) is 1. The summed E-state index contributed by atoms with van der Waals surface area (Å²) >= 11 is 3.46. The van der Waals surface area contributed by atoms with Crippen LogP contribution < -0.4 is 0 Å². The molecule has 0 bridgehead atoms. The van der Waals surface area contributed by atoms with Crippen molar-refractivity contribution in [2.45, 2.75) is 32.2 Å². The van der Waals surface area contributed by atoms with E-state index in [4.69, 9.17) is 4.74 Å². The van der Waals surface area contributed by atoms with Crippen LogP contribution in [0.5, 0.6) is 0 Å². The molecule has 6 nitrogen and oxygen atoms in total. The molecule has 4 heterocycles. The van der Waals surface area contributed by atoms with Gasteiger partial charge in [0.2, 0.25) is 0 Å². The molecule has 1 atom stereocenters. The molecule has 1 unspecified atom stereocenters. The smallest absolute Gasteiger partial charge is 0.0889 e. The lowest BCUT2D eigenvalue weighted by molar-refractivity contribution is 0.0788. The van der Waals surface area contributed by atoms with Gasteiger partial charge in [-0.25, -0.2) is 0 Å². The lowest BCUT2D eigenvalue weighted by atomic mass is 10.2. The van der Waals surface area contributed by atoms with Gasteiger partial charge in [-0.3, -0.25) is 14.3 Å². The Labute approximate surface area is 131 Å². The van der Waals surface area contributed by atoms with Crippen LogP contribution in [0.4, 0.5) is 0 Å². The Bertz CT molecular complexity index is 637. The minimum atomic E-state index is 0.471. The Morgan fingerprint density at radius 2 is 2.24 bits per heavy atom. The zero-order valence-electron chi connectivity index (χ0n) is 11.8. The zero-order chi connectivity index (χ0) is 14.2. The first-order valence-corrected chi connectivity index (χ1v) is 8.12. The van der Waals surface area contributed by atoms with E-state index in [9.17, 15) is 0 Å². The third-order valence-corrected chi connectivity index (χ3v) is 4.72. The standard InChI is InChI=1S/C14H18BrN5O/c15-12-6-17-20(8-12)13-1-2-18(9-13)7-11-5-16-19-3-4-21-10-14(11)19/h5-6,8,13H,1-4,7,9-10H2. The summed E-state index contributed by atoms with van der Waals surface area (Å²) in [5.41, 5.74) is 2.54. The van der Waals surface area contributed by atoms with E-state index in [1.54, 1.807) is 0 Å². The Hall–Kier alpha value is -1.18. The first-order valence-electron chi connectivity index (χ1n) is 7.33. The van der Waals surface area contributed by atoms with Gasteiger partial charge in [0.05, 0.1) is 48.4 Å². The van der Waals surface area contributed by atoms with Gasteiger partial charge in [-0.1, -0.05) is 0 Å². The fourth-order valence-electron chi connectivity index (χ4n) is 3.19. The number of hydrogen-bond acceptors (Lipinski definition) is 4.